The van der Waals surface area contributed by atoms with Crippen molar-refractivity contribution in [2.45, 2.75) is 18.3 Å². The summed E-state index contributed by atoms with van der Waals surface area (Å²) in [6.45, 7) is 0.659. The summed E-state index contributed by atoms with van der Waals surface area (Å²) < 4.78 is 10.9. The number of carbonyl (C=O) groups is 1. The van der Waals surface area contributed by atoms with Crippen LogP contribution in [0.5, 0.6) is 0 Å². The average molecular weight is 398 g/mol. The number of hydrogen-bond acceptors (Lipinski definition) is 3. The molecule has 5 heteroatoms. The standard InChI is InChI=1S/C11H12IO3Se/c12-10-4-2-9(3-5-10)8-15-11(13)14-6-1-7-16/h2-5H,1,6-8H2. The van der Waals surface area contributed by atoms with E-state index in [-0.39, 0.29) is 6.61 Å². The fraction of sp³-hybridized carbons (Fsp3) is 0.364. The molecule has 3 nitrogen and oxygen atoms in total. The molecule has 0 spiro atoms. The number of halogens is 1. The predicted molar refractivity (Wildman–Crippen MR) is 70.5 cm³/mol. The second-order valence-corrected chi connectivity index (χ2v) is 5.17. The van der Waals surface area contributed by atoms with Crippen molar-refractivity contribution in [3.8, 4) is 0 Å². The van der Waals surface area contributed by atoms with E-state index in [4.69, 9.17) is 9.47 Å². The summed E-state index contributed by atoms with van der Waals surface area (Å²) in [5, 5.41) is 0.879. The van der Waals surface area contributed by atoms with Gasteiger partial charge >= 0.3 is 117 Å². The monoisotopic (exact) mass is 399 g/mol. The molecule has 0 bridgehead atoms. The van der Waals surface area contributed by atoms with Crippen LogP contribution in [0, 0.1) is 3.57 Å². The van der Waals surface area contributed by atoms with Crippen LogP contribution in [0.3, 0.4) is 0 Å². The topological polar surface area (TPSA) is 35.5 Å². The number of ether oxygens (including phenoxy) is 2. The van der Waals surface area contributed by atoms with Crippen molar-refractivity contribution < 1.29 is 14.3 Å². The first-order valence-corrected chi connectivity index (χ1v) is 7.13. The summed E-state index contributed by atoms with van der Waals surface area (Å²) >= 11 is 5.07. The van der Waals surface area contributed by atoms with E-state index in [9.17, 15) is 4.79 Å². The van der Waals surface area contributed by atoms with Gasteiger partial charge in [-0.1, -0.05) is 0 Å². The molecule has 0 atom stereocenters. The molecule has 1 rings (SSSR count). The van der Waals surface area contributed by atoms with Gasteiger partial charge in [0.1, 0.15) is 0 Å². The Labute approximate surface area is 117 Å². The summed E-state index contributed by atoms with van der Waals surface area (Å²) in [4.78, 5) is 11.1. The normalized spacial score (nSPS) is 9.88. The van der Waals surface area contributed by atoms with Crippen molar-refractivity contribution in [1.82, 2.24) is 0 Å². The van der Waals surface area contributed by atoms with Crippen molar-refractivity contribution in [3.05, 3.63) is 33.4 Å². The van der Waals surface area contributed by atoms with E-state index in [1.54, 1.807) is 0 Å². The maximum absolute atomic E-state index is 11.1. The number of rotatable bonds is 5. The molecule has 0 heterocycles. The Morgan fingerprint density at radius 3 is 2.56 bits per heavy atom. The first kappa shape index (κ1) is 13.8. The fourth-order valence-corrected chi connectivity index (χ4v) is 1.59. The van der Waals surface area contributed by atoms with E-state index in [1.807, 2.05) is 24.3 Å². The summed E-state index contributed by atoms with van der Waals surface area (Å²) in [7, 11) is 0. The molecule has 0 aliphatic heterocycles. The van der Waals surface area contributed by atoms with Gasteiger partial charge in [0.2, 0.25) is 0 Å². The van der Waals surface area contributed by atoms with Gasteiger partial charge in [0.15, 0.2) is 0 Å². The molecular weight excluding hydrogens is 386 g/mol. The van der Waals surface area contributed by atoms with Gasteiger partial charge in [-0.05, 0) is 0 Å². The first-order chi connectivity index (χ1) is 7.72. The Morgan fingerprint density at radius 1 is 1.25 bits per heavy atom. The summed E-state index contributed by atoms with van der Waals surface area (Å²) in [5.74, 6) is 0. The molecule has 0 saturated heterocycles. The third-order valence-electron chi connectivity index (χ3n) is 1.78. The van der Waals surface area contributed by atoms with E-state index >= 15 is 0 Å². The van der Waals surface area contributed by atoms with E-state index in [2.05, 4.69) is 38.6 Å². The van der Waals surface area contributed by atoms with Crippen LogP contribution < -0.4 is 0 Å². The molecule has 1 radical (unpaired) electrons. The van der Waals surface area contributed by atoms with Crippen molar-refractivity contribution in [1.29, 1.82) is 0 Å². The molecule has 0 aliphatic rings. The second-order valence-electron chi connectivity index (χ2n) is 3.07. The van der Waals surface area contributed by atoms with Crippen LogP contribution in [0.1, 0.15) is 12.0 Å². The Kier molecular flexibility index (Phi) is 6.84. The van der Waals surface area contributed by atoms with Gasteiger partial charge in [-0.3, -0.25) is 0 Å². The summed E-state index contributed by atoms with van der Waals surface area (Å²) in [6, 6.07) is 7.79. The van der Waals surface area contributed by atoms with Crippen LogP contribution in [-0.2, 0) is 16.1 Å². The van der Waals surface area contributed by atoms with Gasteiger partial charge in [0.05, 0.1) is 0 Å². The molecule has 16 heavy (non-hydrogen) atoms. The third kappa shape index (κ3) is 5.72. The Hall–Kier alpha value is -0.261. The Bertz CT molecular complexity index is 327. The van der Waals surface area contributed by atoms with Crippen LogP contribution >= 0.6 is 22.6 Å². The number of benzene rings is 1. The molecule has 0 aliphatic carbocycles. The van der Waals surface area contributed by atoms with Crippen molar-refractivity contribution in [3.63, 3.8) is 0 Å². The van der Waals surface area contributed by atoms with Crippen LogP contribution in [0.4, 0.5) is 4.79 Å². The van der Waals surface area contributed by atoms with Crippen LogP contribution in [0.15, 0.2) is 24.3 Å². The maximum atomic E-state index is 11.1. The second kappa shape index (κ2) is 7.92. The van der Waals surface area contributed by atoms with E-state index in [0.29, 0.717) is 6.61 Å². The van der Waals surface area contributed by atoms with Gasteiger partial charge in [-0.25, -0.2) is 0 Å². The molecule has 0 unspecified atom stereocenters. The number of hydrogen-bond donors (Lipinski definition) is 0. The van der Waals surface area contributed by atoms with Gasteiger partial charge in [-0.15, -0.1) is 0 Å². The molecule has 87 valence electrons. The molecule has 0 fully saturated rings. The zero-order valence-corrected chi connectivity index (χ0v) is 12.5. The van der Waals surface area contributed by atoms with Crippen molar-refractivity contribution >= 4 is 44.8 Å². The van der Waals surface area contributed by atoms with E-state index in [0.717, 1.165) is 20.9 Å². The SMILES string of the molecule is O=C(OCCC[Se])OCc1ccc(I)cc1. The van der Waals surface area contributed by atoms with Gasteiger partial charge in [0.25, 0.3) is 0 Å². The van der Waals surface area contributed by atoms with Crippen molar-refractivity contribution in [2.75, 3.05) is 6.61 Å². The Morgan fingerprint density at radius 2 is 1.94 bits per heavy atom. The molecule has 0 amide bonds. The minimum atomic E-state index is -0.605. The quantitative estimate of drug-likeness (QED) is 0.331. The third-order valence-corrected chi connectivity index (χ3v) is 3.10. The zero-order chi connectivity index (χ0) is 11.8. The van der Waals surface area contributed by atoms with Crippen LogP contribution in [-0.4, -0.2) is 28.8 Å². The predicted octanol–water partition coefficient (Wildman–Crippen LogP) is 2.92. The number of carbonyl (C=O) groups excluding carboxylic acids is 1. The van der Waals surface area contributed by atoms with Gasteiger partial charge < -0.3 is 0 Å². The summed E-state index contributed by atoms with van der Waals surface area (Å²) in [6.07, 6.45) is 0.213. The Balaban J connectivity index is 2.23. The summed E-state index contributed by atoms with van der Waals surface area (Å²) in [5.41, 5.74) is 0.959. The minimum absolute atomic E-state index is 0.258. The van der Waals surface area contributed by atoms with Gasteiger partial charge in [0, 0.05) is 0 Å². The van der Waals surface area contributed by atoms with E-state index < -0.39 is 6.16 Å². The van der Waals surface area contributed by atoms with Crippen molar-refractivity contribution in [2.24, 2.45) is 0 Å². The molecule has 0 saturated carbocycles. The fourth-order valence-electron chi connectivity index (χ4n) is 0.979. The van der Waals surface area contributed by atoms with Crippen LogP contribution in [0.2, 0.25) is 5.32 Å². The molecular formula is C11H12IO3Se. The van der Waals surface area contributed by atoms with E-state index in [1.165, 1.54) is 0 Å². The first-order valence-electron chi connectivity index (χ1n) is 4.84. The molecule has 1 aromatic rings. The van der Waals surface area contributed by atoms with Gasteiger partial charge in [-0.2, -0.15) is 0 Å². The van der Waals surface area contributed by atoms with Crippen LogP contribution in [0.25, 0.3) is 0 Å². The average Bonchev–Trinajstić information content (AvgIpc) is 2.29. The molecule has 0 aromatic heterocycles. The zero-order valence-electron chi connectivity index (χ0n) is 8.65. The molecule has 1 aromatic carbocycles. The molecule has 0 N–H and O–H groups in total.